The number of amides is 2. The number of halogens is 1. The summed E-state index contributed by atoms with van der Waals surface area (Å²) in [5.41, 5.74) is 0.747. The summed E-state index contributed by atoms with van der Waals surface area (Å²) >= 11 is 0. The highest BCUT2D eigenvalue weighted by atomic mass is 19.1. The van der Waals surface area contributed by atoms with Gasteiger partial charge in [0.2, 0.25) is 11.7 Å². The number of nitrogens with zero attached hydrogens (tertiary/aromatic N) is 4. The molecule has 33 heavy (non-hydrogen) atoms. The van der Waals surface area contributed by atoms with Gasteiger partial charge in [-0.2, -0.15) is 0 Å². The number of rotatable bonds is 4. The van der Waals surface area contributed by atoms with E-state index in [0.29, 0.717) is 24.5 Å². The van der Waals surface area contributed by atoms with Crippen LogP contribution < -0.4 is 5.32 Å². The Morgan fingerprint density at radius 2 is 1.91 bits per heavy atom. The molecule has 3 heterocycles. The summed E-state index contributed by atoms with van der Waals surface area (Å²) < 4.78 is 15.5. The molecule has 0 unspecified atom stereocenters. The van der Waals surface area contributed by atoms with Crippen molar-refractivity contribution in [3.63, 3.8) is 0 Å². The van der Waals surface area contributed by atoms with Crippen molar-refractivity contribution in [2.24, 2.45) is 5.41 Å². The van der Waals surface area contributed by atoms with E-state index in [4.69, 9.17) is 0 Å². The van der Waals surface area contributed by atoms with Gasteiger partial charge in [0.15, 0.2) is 0 Å². The first kappa shape index (κ1) is 22.0. The van der Waals surface area contributed by atoms with Gasteiger partial charge in [-0.3, -0.25) is 9.59 Å². The average Bonchev–Trinajstić information content (AvgIpc) is 3.37. The zero-order valence-electron chi connectivity index (χ0n) is 19.1. The predicted molar refractivity (Wildman–Crippen MR) is 121 cm³/mol. The van der Waals surface area contributed by atoms with Crippen LogP contribution >= 0.6 is 0 Å². The Morgan fingerprint density at radius 1 is 1.09 bits per heavy atom. The molecule has 8 heteroatoms. The maximum Gasteiger partial charge on any atom is 0.289 e. The fourth-order valence-corrected chi connectivity index (χ4v) is 5.76. The van der Waals surface area contributed by atoms with Gasteiger partial charge >= 0.3 is 0 Å². The molecule has 0 bridgehead atoms. The van der Waals surface area contributed by atoms with Crippen LogP contribution in [0, 0.1) is 11.2 Å². The smallest absolute Gasteiger partial charge is 0.289 e. The van der Waals surface area contributed by atoms with Crippen LogP contribution in [0.5, 0.6) is 0 Å². The van der Waals surface area contributed by atoms with Crippen molar-refractivity contribution in [1.82, 2.24) is 25.0 Å². The number of benzene rings is 1. The second-order valence-electron chi connectivity index (χ2n) is 10.0. The molecule has 7 nitrogen and oxygen atoms in total. The Kier molecular flexibility index (Phi) is 6.17. The monoisotopic (exact) mass is 453 g/mol. The van der Waals surface area contributed by atoms with Crippen LogP contribution in [0.3, 0.4) is 0 Å². The number of aryl methyl sites for hydroxylation is 1. The number of hydrogen-bond donors (Lipinski definition) is 1. The summed E-state index contributed by atoms with van der Waals surface area (Å²) in [6, 6.07) is 6.51. The molecule has 1 aromatic heterocycles. The van der Waals surface area contributed by atoms with E-state index in [0.717, 1.165) is 50.9 Å². The summed E-state index contributed by atoms with van der Waals surface area (Å²) in [4.78, 5) is 27.7. The quantitative estimate of drug-likeness (QED) is 0.771. The fraction of sp³-hybridized carbons (Fsp3) is 0.600. The molecule has 1 aromatic carbocycles. The second-order valence-corrected chi connectivity index (χ2v) is 10.0. The first-order valence-electron chi connectivity index (χ1n) is 12.3. The van der Waals surface area contributed by atoms with Gasteiger partial charge in [-0.1, -0.05) is 31.4 Å². The first-order valence-corrected chi connectivity index (χ1v) is 12.3. The van der Waals surface area contributed by atoms with E-state index < -0.39 is 0 Å². The molecular weight excluding hydrogens is 421 g/mol. The van der Waals surface area contributed by atoms with Gasteiger partial charge in [0.25, 0.3) is 5.91 Å². The number of hydrogen-bond acceptors (Lipinski definition) is 4. The van der Waals surface area contributed by atoms with Gasteiger partial charge in [-0.25, -0.2) is 4.39 Å². The molecule has 176 valence electrons. The summed E-state index contributed by atoms with van der Waals surface area (Å²) in [5, 5.41) is 11.7. The van der Waals surface area contributed by atoms with Crippen molar-refractivity contribution in [3.8, 4) is 0 Å². The molecular formula is C25H32FN5O2. The molecule has 1 aliphatic carbocycles. The molecule has 1 saturated heterocycles. The Bertz CT molecular complexity index is 1030. The summed E-state index contributed by atoms with van der Waals surface area (Å²) in [6.07, 6.45) is 9.41. The molecule has 2 fully saturated rings. The molecule has 0 radical (unpaired) electrons. The predicted octanol–water partition coefficient (Wildman–Crippen LogP) is 3.28. The highest BCUT2D eigenvalue weighted by Gasteiger charge is 2.41. The molecule has 1 atom stereocenters. The van der Waals surface area contributed by atoms with Crippen LogP contribution in [0.25, 0.3) is 0 Å². The maximum absolute atomic E-state index is 13.5. The standard InChI is InChI=1S/C25H32FN5O2/c26-19-6-4-5-18(15-19)16-22(32)30-13-11-25(17-30)10-9-21-28-29-23(31(21)14-12-25)24(33)27-20-7-2-1-3-8-20/h4-6,15,20H,1-3,7-14,16-17H2,(H,27,33)/t25-/m1/s1. The Morgan fingerprint density at radius 3 is 2.73 bits per heavy atom. The lowest BCUT2D eigenvalue weighted by Crippen LogP contribution is -2.37. The van der Waals surface area contributed by atoms with E-state index in [1.54, 1.807) is 12.1 Å². The van der Waals surface area contributed by atoms with E-state index in [9.17, 15) is 14.0 Å². The van der Waals surface area contributed by atoms with Gasteiger partial charge < -0.3 is 14.8 Å². The number of aromatic nitrogens is 3. The highest BCUT2D eigenvalue weighted by Crippen LogP contribution is 2.41. The summed E-state index contributed by atoms with van der Waals surface area (Å²) in [7, 11) is 0. The third-order valence-electron chi connectivity index (χ3n) is 7.75. The lowest BCUT2D eigenvalue weighted by atomic mass is 9.80. The Balaban J connectivity index is 1.21. The number of nitrogens with one attached hydrogen (secondary N) is 1. The topological polar surface area (TPSA) is 80.1 Å². The number of fused-ring (bicyclic) bond motifs is 1. The van der Waals surface area contributed by atoms with Crippen LogP contribution in [-0.2, 0) is 24.2 Å². The van der Waals surface area contributed by atoms with E-state index >= 15 is 0 Å². The molecule has 5 rings (SSSR count). The maximum atomic E-state index is 13.5. The third kappa shape index (κ3) is 4.80. The molecule has 3 aliphatic rings. The number of carbonyl (C=O) groups is 2. The zero-order valence-corrected chi connectivity index (χ0v) is 19.1. The van der Waals surface area contributed by atoms with Crippen LogP contribution in [0.1, 0.15) is 73.4 Å². The van der Waals surface area contributed by atoms with Gasteiger partial charge in [0.1, 0.15) is 11.6 Å². The molecule has 2 aliphatic heterocycles. The van der Waals surface area contributed by atoms with Crippen molar-refractivity contribution in [2.45, 2.75) is 76.8 Å². The molecule has 1 N–H and O–H groups in total. The summed E-state index contributed by atoms with van der Waals surface area (Å²) in [5.74, 6) is 0.909. The molecule has 1 spiro atoms. The molecule has 2 amide bonds. The largest absolute Gasteiger partial charge is 0.347 e. The van der Waals surface area contributed by atoms with Gasteiger partial charge in [-0.05, 0) is 55.2 Å². The average molecular weight is 454 g/mol. The Hall–Kier alpha value is -2.77. The van der Waals surface area contributed by atoms with Gasteiger partial charge in [0.05, 0.1) is 6.42 Å². The van der Waals surface area contributed by atoms with E-state index in [1.165, 1.54) is 31.4 Å². The van der Waals surface area contributed by atoms with Crippen LogP contribution in [0.4, 0.5) is 4.39 Å². The minimum atomic E-state index is -0.312. The molecule has 2 aromatic rings. The van der Waals surface area contributed by atoms with Crippen molar-refractivity contribution in [1.29, 1.82) is 0 Å². The first-order chi connectivity index (χ1) is 16.0. The number of likely N-dealkylation sites (tertiary alicyclic amines) is 1. The van der Waals surface area contributed by atoms with Crippen LogP contribution in [-0.4, -0.2) is 50.6 Å². The van der Waals surface area contributed by atoms with Crippen molar-refractivity contribution < 1.29 is 14.0 Å². The zero-order chi connectivity index (χ0) is 22.8. The van der Waals surface area contributed by atoms with Crippen LogP contribution in [0.15, 0.2) is 24.3 Å². The van der Waals surface area contributed by atoms with Crippen molar-refractivity contribution >= 4 is 11.8 Å². The second kappa shape index (κ2) is 9.23. The normalized spacial score (nSPS) is 23.4. The Labute approximate surface area is 193 Å². The minimum absolute atomic E-state index is 0.0371. The van der Waals surface area contributed by atoms with Gasteiger partial charge in [-0.15, -0.1) is 10.2 Å². The van der Waals surface area contributed by atoms with E-state index in [-0.39, 0.29) is 35.5 Å². The van der Waals surface area contributed by atoms with Crippen molar-refractivity contribution in [2.75, 3.05) is 13.1 Å². The lowest BCUT2D eigenvalue weighted by Gasteiger charge is -2.27. The van der Waals surface area contributed by atoms with Gasteiger partial charge in [0, 0.05) is 32.1 Å². The number of carbonyl (C=O) groups excluding carboxylic acids is 2. The van der Waals surface area contributed by atoms with E-state index in [2.05, 4.69) is 15.5 Å². The van der Waals surface area contributed by atoms with Crippen molar-refractivity contribution in [3.05, 3.63) is 47.3 Å². The fourth-order valence-electron chi connectivity index (χ4n) is 5.76. The lowest BCUT2D eigenvalue weighted by molar-refractivity contribution is -0.129. The minimum Gasteiger partial charge on any atom is -0.347 e. The summed E-state index contributed by atoms with van der Waals surface area (Å²) in [6.45, 7) is 2.13. The third-order valence-corrected chi connectivity index (χ3v) is 7.75. The molecule has 1 saturated carbocycles. The highest BCUT2D eigenvalue weighted by molar-refractivity contribution is 5.91. The van der Waals surface area contributed by atoms with Crippen LogP contribution in [0.2, 0.25) is 0 Å². The SMILES string of the molecule is O=C(NC1CCCCC1)c1nnc2n1CC[C@@]1(CC2)CCN(C(=O)Cc2cccc(F)c2)C1. The van der Waals surface area contributed by atoms with E-state index in [1.807, 2.05) is 9.47 Å².